The fourth-order valence-electron chi connectivity index (χ4n) is 2.13. The number of thiocarbonyl (C=S) groups is 1. The Hall–Kier alpha value is -2.81. The van der Waals surface area contributed by atoms with Crippen LogP contribution in [0.15, 0.2) is 53.1 Å². The Balaban J connectivity index is 1.65. The van der Waals surface area contributed by atoms with Crippen LogP contribution in [0.4, 0.5) is 23.2 Å². The zero-order valence-corrected chi connectivity index (χ0v) is 13.9. The lowest BCUT2D eigenvalue weighted by molar-refractivity contribution is -0.159. The molecule has 0 radical (unpaired) electrons. The number of rotatable bonds is 4. The fraction of sp³-hybridized carbons (Fsp3) is 0.118. The molecule has 1 aromatic heterocycles. The lowest BCUT2D eigenvalue weighted by Crippen LogP contribution is -2.10. The molecule has 0 saturated heterocycles. The molecule has 0 fully saturated rings. The molecule has 134 valence electrons. The maximum Gasteiger partial charge on any atom is 0.471 e. The molecule has 2 aromatic carbocycles. The maximum absolute atomic E-state index is 12.9. The van der Waals surface area contributed by atoms with Crippen molar-refractivity contribution >= 4 is 22.9 Å². The minimum atomic E-state index is -4.66. The van der Waals surface area contributed by atoms with Crippen molar-refractivity contribution in [3.63, 3.8) is 0 Å². The topological polar surface area (TPSA) is 51.0 Å². The molecular formula is C17H11F4N3OS. The highest BCUT2D eigenvalue weighted by Gasteiger charge is 2.38. The van der Waals surface area contributed by atoms with Crippen LogP contribution in [-0.4, -0.2) is 15.1 Å². The zero-order chi connectivity index (χ0) is 18.7. The highest BCUT2D eigenvalue weighted by atomic mass is 32.1. The Morgan fingerprint density at radius 3 is 2.27 bits per heavy atom. The summed E-state index contributed by atoms with van der Waals surface area (Å²) in [6.07, 6.45) is -4.56. The summed E-state index contributed by atoms with van der Waals surface area (Å²) in [6.45, 7) is 0. The molecule has 26 heavy (non-hydrogen) atoms. The van der Waals surface area contributed by atoms with Crippen LogP contribution < -0.4 is 5.32 Å². The number of hydrogen-bond acceptors (Lipinski definition) is 4. The van der Waals surface area contributed by atoms with E-state index in [1.807, 2.05) is 0 Å². The Morgan fingerprint density at radius 2 is 1.69 bits per heavy atom. The highest BCUT2D eigenvalue weighted by molar-refractivity contribution is 7.81. The molecule has 0 atom stereocenters. The number of hydrogen-bond donors (Lipinski definition) is 1. The third-order valence-electron chi connectivity index (χ3n) is 3.39. The number of anilines is 1. The van der Waals surface area contributed by atoms with E-state index in [0.29, 0.717) is 21.8 Å². The van der Waals surface area contributed by atoms with Crippen LogP contribution >= 0.6 is 12.2 Å². The molecule has 0 unspecified atom stereocenters. The summed E-state index contributed by atoms with van der Waals surface area (Å²) < 4.78 is 54.4. The molecule has 0 saturated carbocycles. The highest BCUT2D eigenvalue weighted by Crippen LogP contribution is 2.27. The number of nitrogens with zero attached hydrogens (tertiary/aromatic N) is 2. The van der Waals surface area contributed by atoms with E-state index in [9.17, 15) is 17.6 Å². The molecule has 0 aliphatic heterocycles. The second kappa shape index (κ2) is 7.20. The number of benzene rings is 2. The van der Waals surface area contributed by atoms with Crippen molar-refractivity contribution < 1.29 is 22.1 Å². The first-order chi connectivity index (χ1) is 12.3. The quantitative estimate of drug-likeness (QED) is 0.529. The number of aromatic nitrogens is 2. The number of alkyl halides is 3. The van der Waals surface area contributed by atoms with Crippen molar-refractivity contribution in [3.8, 4) is 0 Å². The van der Waals surface area contributed by atoms with E-state index in [1.54, 1.807) is 36.4 Å². The third kappa shape index (κ3) is 4.42. The van der Waals surface area contributed by atoms with Crippen LogP contribution in [0.25, 0.3) is 0 Å². The molecule has 0 bridgehead atoms. The van der Waals surface area contributed by atoms with E-state index < -0.39 is 12.1 Å². The monoisotopic (exact) mass is 381 g/mol. The average Bonchev–Trinajstić information content (AvgIpc) is 3.06. The minimum absolute atomic E-state index is 0.0583. The predicted octanol–water partition coefficient (Wildman–Crippen LogP) is 4.61. The van der Waals surface area contributed by atoms with Gasteiger partial charge in [0.1, 0.15) is 10.8 Å². The Morgan fingerprint density at radius 1 is 1.04 bits per heavy atom. The molecule has 0 spiro atoms. The van der Waals surface area contributed by atoms with Crippen molar-refractivity contribution in [2.75, 3.05) is 5.32 Å². The van der Waals surface area contributed by atoms with Crippen LogP contribution in [0.3, 0.4) is 0 Å². The van der Waals surface area contributed by atoms with Crippen LogP contribution in [0.1, 0.15) is 22.8 Å². The smallest absolute Gasteiger partial charge is 0.346 e. The Bertz CT molecular complexity index is 905. The summed E-state index contributed by atoms with van der Waals surface area (Å²) in [5.74, 6) is -1.77. The molecule has 3 rings (SSSR count). The largest absolute Gasteiger partial charge is 0.471 e. The predicted molar refractivity (Wildman–Crippen MR) is 90.3 cm³/mol. The molecule has 4 nitrogen and oxygen atoms in total. The molecule has 1 heterocycles. The van der Waals surface area contributed by atoms with Gasteiger partial charge in [0, 0.05) is 17.7 Å². The van der Waals surface area contributed by atoms with Crippen molar-refractivity contribution in [2.24, 2.45) is 0 Å². The normalized spacial score (nSPS) is 11.4. The fourth-order valence-corrected chi connectivity index (χ4v) is 2.39. The molecule has 0 aliphatic rings. The zero-order valence-electron chi connectivity index (χ0n) is 13.0. The van der Waals surface area contributed by atoms with E-state index in [4.69, 9.17) is 12.2 Å². The molecule has 3 aromatic rings. The standard InChI is InChI=1S/C17H11F4N3OS/c18-12-5-7-13(8-6-12)22-15(26)11-3-1-10(2-4-11)9-14-23-16(25-24-14)17(19,20)21/h1-8H,9H2,(H,22,26). The van der Waals surface area contributed by atoms with Gasteiger partial charge < -0.3 is 9.84 Å². The van der Waals surface area contributed by atoms with Gasteiger partial charge in [-0.25, -0.2) is 4.39 Å². The van der Waals surface area contributed by atoms with Gasteiger partial charge in [-0.2, -0.15) is 18.2 Å². The van der Waals surface area contributed by atoms with Gasteiger partial charge >= 0.3 is 12.1 Å². The van der Waals surface area contributed by atoms with Gasteiger partial charge in [0.2, 0.25) is 0 Å². The molecule has 1 N–H and O–H groups in total. The van der Waals surface area contributed by atoms with Crippen molar-refractivity contribution in [3.05, 3.63) is 77.2 Å². The summed E-state index contributed by atoms with van der Waals surface area (Å²) in [4.78, 5) is 3.76. The lowest BCUT2D eigenvalue weighted by atomic mass is 10.1. The summed E-state index contributed by atoms with van der Waals surface area (Å²) in [7, 11) is 0. The maximum atomic E-state index is 12.9. The average molecular weight is 381 g/mol. The third-order valence-corrected chi connectivity index (χ3v) is 3.73. The number of nitrogens with one attached hydrogen (secondary N) is 1. The van der Waals surface area contributed by atoms with E-state index in [-0.39, 0.29) is 18.1 Å². The summed E-state index contributed by atoms with van der Waals surface area (Å²) in [6, 6.07) is 12.6. The van der Waals surface area contributed by atoms with Crippen LogP contribution in [-0.2, 0) is 12.6 Å². The van der Waals surface area contributed by atoms with Gasteiger partial charge in [-0.05, 0) is 29.8 Å². The first-order valence-corrected chi connectivity index (χ1v) is 7.78. The lowest BCUT2D eigenvalue weighted by Gasteiger charge is -2.08. The van der Waals surface area contributed by atoms with Crippen LogP contribution in [0.5, 0.6) is 0 Å². The summed E-state index contributed by atoms with van der Waals surface area (Å²) in [5, 5.41) is 6.30. The van der Waals surface area contributed by atoms with Gasteiger partial charge in [0.05, 0.1) is 0 Å². The first-order valence-electron chi connectivity index (χ1n) is 7.37. The van der Waals surface area contributed by atoms with Gasteiger partial charge in [0.15, 0.2) is 5.82 Å². The minimum Gasteiger partial charge on any atom is -0.346 e. The second-order valence-corrected chi connectivity index (χ2v) is 5.76. The molecule has 0 amide bonds. The van der Waals surface area contributed by atoms with Gasteiger partial charge in [-0.15, -0.1) is 0 Å². The van der Waals surface area contributed by atoms with E-state index >= 15 is 0 Å². The van der Waals surface area contributed by atoms with Gasteiger partial charge in [0.25, 0.3) is 0 Å². The van der Waals surface area contributed by atoms with Crippen molar-refractivity contribution in [1.29, 1.82) is 0 Å². The summed E-state index contributed by atoms with van der Waals surface area (Å²) in [5.41, 5.74) is 2.05. The van der Waals surface area contributed by atoms with Gasteiger partial charge in [-0.1, -0.05) is 41.6 Å². The second-order valence-electron chi connectivity index (χ2n) is 5.35. The first kappa shape index (κ1) is 18.0. The van der Waals surface area contributed by atoms with E-state index in [1.165, 1.54) is 12.1 Å². The SMILES string of the molecule is Fc1ccc(NC(=S)c2ccc(Cc3noc(C(F)(F)F)n3)cc2)cc1. The Kier molecular flexibility index (Phi) is 4.99. The molecular weight excluding hydrogens is 370 g/mol. The van der Waals surface area contributed by atoms with Crippen LogP contribution in [0, 0.1) is 5.82 Å². The van der Waals surface area contributed by atoms with E-state index in [0.717, 1.165) is 0 Å². The number of halogens is 4. The van der Waals surface area contributed by atoms with E-state index in [2.05, 4.69) is 20.0 Å². The summed E-state index contributed by atoms with van der Waals surface area (Å²) >= 11 is 5.28. The molecule has 9 heteroatoms. The van der Waals surface area contributed by atoms with Crippen LogP contribution in [0.2, 0.25) is 0 Å². The van der Waals surface area contributed by atoms with Crippen molar-refractivity contribution in [1.82, 2.24) is 10.1 Å². The Labute approximate surface area is 150 Å². The van der Waals surface area contributed by atoms with Gasteiger partial charge in [-0.3, -0.25) is 0 Å². The molecule has 0 aliphatic carbocycles. The van der Waals surface area contributed by atoms with Crippen molar-refractivity contribution in [2.45, 2.75) is 12.6 Å².